The van der Waals surface area contributed by atoms with Crippen LogP contribution in [-0.2, 0) is 14.8 Å². The molecule has 2 aliphatic rings. The lowest BCUT2D eigenvalue weighted by molar-refractivity contribution is -0.126. The molecule has 25 heavy (non-hydrogen) atoms. The van der Waals surface area contributed by atoms with Gasteiger partial charge in [0.25, 0.3) is 5.24 Å². The highest BCUT2D eigenvalue weighted by molar-refractivity contribution is 8.14. The van der Waals surface area contributed by atoms with E-state index in [0.29, 0.717) is 17.9 Å². The van der Waals surface area contributed by atoms with Crippen LogP contribution in [0.4, 0.5) is 4.79 Å². The highest BCUT2D eigenvalue weighted by Gasteiger charge is 2.42. The number of hydrogen-bond donors (Lipinski definition) is 0. The molecule has 2 aliphatic heterocycles. The molecule has 0 aromatic heterocycles. The average molecular weight is 386 g/mol. The zero-order chi connectivity index (χ0) is 18.2. The lowest BCUT2D eigenvalue weighted by Crippen LogP contribution is -2.41. The first-order valence-electron chi connectivity index (χ1n) is 7.59. The van der Waals surface area contributed by atoms with Gasteiger partial charge in [-0.3, -0.25) is 14.5 Å². The summed E-state index contributed by atoms with van der Waals surface area (Å²) in [5.74, 6) is 0.620. The number of thioether (sulfide) groups is 1. The fraction of sp³-hybridized carbons (Fsp3) is 0.467. The lowest BCUT2D eigenvalue weighted by atomic mass is 10.2. The number of imide groups is 1. The van der Waals surface area contributed by atoms with E-state index in [2.05, 4.69) is 0 Å². The molecule has 10 heteroatoms. The van der Waals surface area contributed by atoms with E-state index in [1.165, 1.54) is 41.6 Å². The maximum absolute atomic E-state index is 12.9. The normalized spacial score (nSPS) is 21.8. The van der Waals surface area contributed by atoms with Crippen LogP contribution in [0.5, 0.6) is 11.5 Å². The van der Waals surface area contributed by atoms with Crippen LogP contribution in [0.1, 0.15) is 6.42 Å². The quantitative estimate of drug-likeness (QED) is 0.750. The van der Waals surface area contributed by atoms with Crippen LogP contribution < -0.4 is 9.47 Å². The molecular weight excluding hydrogens is 368 g/mol. The molecule has 1 aromatic rings. The minimum atomic E-state index is -3.75. The third kappa shape index (κ3) is 3.21. The predicted molar refractivity (Wildman–Crippen MR) is 91.4 cm³/mol. The molecular formula is C15H18N2O6S2. The van der Waals surface area contributed by atoms with Crippen molar-refractivity contribution < 1.29 is 27.5 Å². The molecule has 0 bridgehead atoms. The van der Waals surface area contributed by atoms with Gasteiger partial charge in [0.15, 0.2) is 11.5 Å². The molecule has 0 saturated carbocycles. The van der Waals surface area contributed by atoms with Gasteiger partial charge < -0.3 is 9.47 Å². The Kier molecular flexibility index (Phi) is 4.94. The van der Waals surface area contributed by atoms with Crippen molar-refractivity contribution in [2.24, 2.45) is 0 Å². The average Bonchev–Trinajstić information content (AvgIpc) is 3.21. The van der Waals surface area contributed by atoms with Gasteiger partial charge in [-0.15, -0.1) is 0 Å². The zero-order valence-electron chi connectivity index (χ0n) is 13.8. The molecule has 0 N–H and O–H groups in total. The third-order valence-corrected chi connectivity index (χ3v) is 6.96. The van der Waals surface area contributed by atoms with Gasteiger partial charge >= 0.3 is 0 Å². The maximum Gasteiger partial charge on any atom is 0.289 e. The molecule has 2 fully saturated rings. The van der Waals surface area contributed by atoms with Crippen molar-refractivity contribution in [3.8, 4) is 11.5 Å². The summed E-state index contributed by atoms with van der Waals surface area (Å²) in [7, 11) is -0.848. The Bertz CT molecular complexity index is 794. The smallest absolute Gasteiger partial charge is 0.289 e. The number of methoxy groups -OCH3 is 2. The van der Waals surface area contributed by atoms with E-state index in [0.717, 1.165) is 11.8 Å². The minimum absolute atomic E-state index is 0.0826. The van der Waals surface area contributed by atoms with Crippen molar-refractivity contribution in [1.82, 2.24) is 9.21 Å². The van der Waals surface area contributed by atoms with Gasteiger partial charge in [-0.05, 0) is 18.6 Å². The number of ether oxygens (including phenoxy) is 2. The van der Waals surface area contributed by atoms with Crippen molar-refractivity contribution in [3.63, 3.8) is 0 Å². The molecule has 0 radical (unpaired) electrons. The molecule has 3 rings (SSSR count). The molecule has 1 atom stereocenters. The number of benzene rings is 1. The summed E-state index contributed by atoms with van der Waals surface area (Å²) in [6, 6.07) is 3.98. The molecule has 2 amide bonds. The number of rotatable bonds is 5. The van der Waals surface area contributed by atoms with Gasteiger partial charge in [0.2, 0.25) is 15.9 Å². The third-order valence-electron chi connectivity index (χ3n) is 4.27. The first kappa shape index (κ1) is 18.0. The summed E-state index contributed by atoms with van der Waals surface area (Å²) in [5, 5.41) is -0.305. The summed E-state index contributed by atoms with van der Waals surface area (Å²) in [5.41, 5.74) is 0. The fourth-order valence-corrected chi connectivity index (χ4v) is 5.27. The number of hydrogen-bond acceptors (Lipinski definition) is 7. The van der Waals surface area contributed by atoms with Crippen molar-refractivity contribution in [2.75, 3.05) is 33.1 Å². The summed E-state index contributed by atoms with van der Waals surface area (Å²) in [6.45, 7) is 0.359. The molecule has 136 valence electrons. The van der Waals surface area contributed by atoms with Gasteiger partial charge in [-0.1, -0.05) is 11.8 Å². The first-order valence-corrected chi connectivity index (χ1v) is 10.0. The number of sulfonamides is 1. The number of nitrogens with zero attached hydrogens (tertiary/aromatic N) is 2. The largest absolute Gasteiger partial charge is 0.493 e. The van der Waals surface area contributed by atoms with Crippen molar-refractivity contribution in [2.45, 2.75) is 17.4 Å². The summed E-state index contributed by atoms with van der Waals surface area (Å²) < 4.78 is 37.3. The Morgan fingerprint density at radius 2 is 1.88 bits per heavy atom. The van der Waals surface area contributed by atoms with Gasteiger partial charge in [-0.2, -0.15) is 4.31 Å². The van der Waals surface area contributed by atoms with Gasteiger partial charge in [-0.25, -0.2) is 8.42 Å². The molecule has 1 aromatic carbocycles. The van der Waals surface area contributed by atoms with Crippen LogP contribution in [0, 0.1) is 0 Å². The highest BCUT2D eigenvalue weighted by Crippen LogP contribution is 2.33. The van der Waals surface area contributed by atoms with Gasteiger partial charge in [0, 0.05) is 19.2 Å². The maximum atomic E-state index is 12.9. The van der Waals surface area contributed by atoms with E-state index in [1.54, 1.807) is 0 Å². The standard InChI is InChI=1S/C15H18N2O6S2/c1-22-12-4-3-11(7-13(12)23-2)25(20,21)16-6-5-10(8-16)17-14(18)9-24-15(17)19/h3-4,7,10H,5-6,8-9H2,1-2H3/t10-/m1/s1. The summed E-state index contributed by atoms with van der Waals surface area (Å²) >= 11 is 0.954. The Morgan fingerprint density at radius 1 is 1.16 bits per heavy atom. The molecule has 2 saturated heterocycles. The molecule has 8 nitrogen and oxygen atoms in total. The fourth-order valence-electron chi connectivity index (χ4n) is 2.98. The van der Waals surface area contributed by atoms with E-state index in [9.17, 15) is 18.0 Å². The molecule has 0 spiro atoms. The molecule has 2 heterocycles. The van der Waals surface area contributed by atoms with E-state index in [-0.39, 0.29) is 34.9 Å². The summed E-state index contributed by atoms with van der Waals surface area (Å²) in [4.78, 5) is 24.9. The van der Waals surface area contributed by atoms with Crippen LogP contribution in [0.3, 0.4) is 0 Å². The Hall–Kier alpha value is -1.78. The van der Waals surface area contributed by atoms with Crippen LogP contribution in [0.25, 0.3) is 0 Å². The number of carbonyl (C=O) groups is 2. The Morgan fingerprint density at radius 3 is 2.48 bits per heavy atom. The molecule has 0 aliphatic carbocycles. The minimum Gasteiger partial charge on any atom is -0.493 e. The number of carbonyl (C=O) groups excluding carboxylic acids is 2. The van der Waals surface area contributed by atoms with Crippen molar-refractivity contribution in [3.05, 3.63) is 18.2 Å². The second kappa shape index (κ2) is 6.85. The van der Waals surface area contributed by atoms with Gasteiger partial charge in [0.05, 0.1) is 30.9 Å². The van der Waals surface area contributed by atoms with Crippen LogP contribution in [-0.4, -0.2) is 67.9 Å². The number of amides is 2. The van der Waals surface area contributed by atoms with Crippen LogP contribution in [0.15, 0.2) is 23.1 Å². The lowest BCUT2D eigenvalue weighted by Gasteiger charge is -2.22. The van der Waals surface area contributed by atoms with E-state index >= 15 is 0 Å². The SMILES string of the molecule is COc1ccc(S(=O)(=O)N2CC[C@@H](N3C(=O)CSC3=O)C2)cc1OC. The Labute approximate surface area is 150 Å². The van der Waals surface area contributed by atoms with E-state index < -0.39 is 16.1 Å². The second-order valence-electron chi connectivity index (χ2n) is 5.64. The monoisotopic (exact) mass is 386 g/mol. The van der Waals surface area contributed by atoms with Crippen LogP contribution in [0.2, 0.25) is 0 Å². The molecule has 0 unspecified atom stereocenters. The zero-order valence-corrected chi connectivity index (χ0v) is 15.4. The summed E-state index contributed by atoms with van der Waals surface area (Å²) in [6.07, 6.45) is 0.435. The first-order chi connectivity index (χ1) is 11.9. The Balaban J connectivity index is 1.82. The topological polar surface area (TPSA) is 93.2 Å². The second-order valence-corrected chi connectivity index (χ2v) is 8.51. The van der Waals surface area contributed by atoms with Crippen molar-refractivity contribution >= 4 is 32.9 Å². The highest BCUT2D eigenvalue weighted by atomic mass is 32.2. The predicted octanol–water partition coefficient (Wildman–Crippen LogP) is 1.16. The van der Waals surface area contributed by atoms with Gasteiger partial charge in [0.1, 0.15) is 0 Å². The van der Waals surface area contributed by atoms with E-state index in [1.807, 2.05) is 0 Å². The van der Waals surface area contributed by atoms with Crippen LogP contribution >= 0.6 is 11.8 Å². The van der Waals surface area contributed by atoms with E-state index in [4.69, 9.17) is 9.47 Å². The van der Waals surface area contributed by atoms with Crippen molar-refractivity contribution in [1.29, 1.82) is 0 Å².